The first-order valence-corrected chi connectivity index (χ1v) is 6.51. The van der Waals surface area contributed by atoms with Crippen LogP contribution >= 0.6 is 11.6 Å². The predicted molar refractivity (Wildman–Crippen MR) is 80.8 cm³/mol. The molecule has 2 aromatic heterocycles. The lowest BCUT2D eigenvalue weighted by molar-refractivity contribution is 0.702. The SMILES string of the molecule is Cc1c(Nc2c(Cl)ccc3[nH]ccc23)cnn(C)c1=O. The summed E-state index contributed by atoms with van der Waals surface area (Å²) >= 11 is 6.25. The number of nitrogens with zero attached hydrogens (tertiary/aromatic N) is 2. The van der Waals surface area contributed by atoms with Crippen LogP contribution in [0.25, 0.3) is 10.9 Å². The zero-order chi connectivity index (χ0) is 14.3. The summed E-state index contributed by atoms with van der Waals surface area (Å²) in [6, 6.07) is 5.66. The fourth-order valence-corrected chi connectivity index (χ4v) is 2.36. The van der Waals surface area contributed by atoms with Crippen molar-refractivity contribution >= 4 is 33.9 Å². The first-order valence-electron chi connectivity index (χ1n) is 6.13. The zero-order valence-corrected chi connectivity index (χ0v) is 11.8. The number of halogens is 1. The molecule has 0 aliphatic rings. The maximum atomic E-state index is 11.9. The molecular formula is C14H13ClN4O. The average molecular weight is 289 g/mol. The Balaban J connectivity index is 2.14. The number of benzene rings is 1. The Morgan fingerprint density at radius 2 is 2.15 bits per heavy atom. The third-order valence-corrected chi connectivity index (χ3v) is 3.64. The van der Waals surface area contributed by atoms with Crippen molar-refractivity contribution in [1.29, 1.82) is 0 Å². The highest BCUT2D eigenvalue weighted by atomic mass is 35.5. The monoisotopic (exact) mass is 288 g/mol. The third-order valence-electron chi connectivity index (χ3n) is 3.32. The predicted octanol–water partition coefficient (Wildman–Crippen LogP) is 2.97. The van der Waals surface area contributed by atoms with Crippen LogP contribution in [-0.2, 0) is 7.05 Å². The van der Waals surface area contributed by atoms with E-state index in [2.05, 4.69) is 15.4 Å². The lowest BCUT2D eigenvalue weighted by Crippen LogP contribution is -2.22. The lowest BCUT2D eigenvalue weighted by Gasteiger charge is -2.12. The number of aryl methyl sites for hydroxylation is 1. The Bertz CT molecular complexity index is 850. The maximum absolute atomic E-state index is 11.9. The normalized spacial score (nSPS) is 10.9. The van der Waals surface area contributed by atoms with Crippen molar-refractivity contribution in [2.24, 2.45) is 7.05 Å². The van der Waals surface area contributed by atoms with E-state index in [-0.39, 0.29) is 5.56 Å². The molecule has 6 heteroatoms. The van der Waals surface area contributed by atoms with Gasteiger partial charge in [0.05, 0.1) is 22.6 Å². The molecule has 3 rings (SSSR count). The summed E-state index contributed by atoms with van der Waals surface area (Å²) in [5, 5.41) is 8.80. The number of nitrogens with one attached hydrogen (secondary N) is 2. The number of aromatic nitrogens is 3. The van der Waals surface area contributed by atoms with Crippen molar-refractivity contribution in [3.05, 3.63) is 51.5 Å². The summed E-state index contributed by atoms with van der Waals surface area (Å²) in [4.78, 5) is 15.0. The number of aromatic amines is 1. The molecule has 3 aromatic rings. The van der Waals surface area contributed by atoms with Crippen LogP contribution in [0.2, 0.25) is 5.02 Å². The van der Waals surface area contributed by atoms with E-state index in [0.29, 0.717) is 16.3 Å². The largest absolute Gasteiger partial charge is 0.361 e. The summed E-state index contributed by atoms with van der Waals surface area (Å²) in [5.41, 5.74) is 2.87. The van der Waals surface area contributed by atoms with Gasteiger partial charge in [-0.2, -0.15) is 5.10 Å². The molecule has 102 valence electrons. The minimum atomic E-state index is -0.132. The molecule has 0 saturated heterocycles. The van der Waals surface area contributed by atoms with E-state index in [1.165, 1.54) is 4.68 Å². The molecule has 2 N–H and O–H groups in total. The standard InChI is InChI=1S/C14H13ClN4O/c1-8-12(7-17-19(2)14(8)20)18-13-9-5-6-16-11(9)4-3-10(13)15/h3-7,16,18H,1-2H3. The average Bonchev–Trinajstić information content (AvgIpc) is 2.90. The first kappa shape index (κ1) is 12.7. The molecule has 0 atom stereocenters. The van der Waals surface area contributed by atoms with Crippen molar-refractivity contribution in [1.82, 2.24) is 14.8 Å². The molecular weight excluding hydrogens is 276 g/mol. The van der Waals surface area contributed by atoms with E-state index < -0.39 is 0 Å². The van der Waals surface area contributed by atoms with Gasteiger partial charge < -0.3 is 10.3 Å². The van der Waals surface area contributed by atoms with Crippen molar-refractivity contribution in [3.8, 4) is 0 Å². The number of H-pyrrole nitrogens is 1. The van der Waals surface area contributed by atoms with E-state index in [9.17, 15) is 4.79 Å². The number of hydrogen-bond donors (Lipinski definition) is 2. The Kier molecular flexibility index (Phi) is 2.99. The van der Waals surface area contributed by atoms with Crippen molar-refractivity contribution in [2.75, 3.05) is 5.32 Å². The van der Waals surface area contributed by atoms with Crippen molar-refractivity contribution in [2.45, 2.75) is 6.92 Å². The van der Waals surface area contributed by atoms with Gasteiger partial charge in [-0.1, -0.05) is 11.6 Å². The molecule has 0 bridgehead atoms. The van der Waals surface area contributed by atoms with Crippen LogP contribution in [0.4, 0.5) is 11.4 Å². The minimum Gasteiger partial charge on any atom is -0.361 e. The molecule has 0 fully saturated rings. The van der Waals surface area contributed by atoms with Gasteiger partial charge in [0.15, 0.2) is 0 Å². The van der Waals surface area contributed by atoms with Gasteiger partial charge in [0.2, 0.25) is 0 Å². The van der Waals surface area contributed by atoms with E-state index in [0.717, 1.165) is 16.6 Å². The number of anilines is 2. The molecule has 0 unspecified atom stereocenters. The number of fused-ring (bicyclic) bond motifs is 1. The second-order valence-electron chi connectivity index (χ2n) is 4.60. The smallest absolute Gasteiger partial charge is 0.271 e. The maximum Gasteiger partial charge on any atom is 0.271 e. The summed E-state index contributed by atoms with van der Waals surface area (Å²) in [7, 11) is 1.62. The van der Waals surface area contributed by atoms with Gasteiger partial charge in [0.1, 0.15) is 0 Å². The van der Waals surface area contributed by atoms with Crippen molar-refractivity contribution in [3.63, 3.8) is 0 Å². The second-order valence-corrected chi connectivity index (χ2v) is 5.01. The lowest BCUT2D eigenvalue weighted by atomic mass is 10.2. The summed E-state index contributed by atoms with van der Waals surface area (Å²) in [6.45, 7) is 1.76. The van der Waals surface area contributed by atoms with Crippen molar-refractivity contribution < 1.29 is 0 Å². The summed E-state index contributed by atoms with van der Waals surface area (Å²) < 4.78 is 1.30. The molecule has 20 heavy (non-hydrogen) atoms. The van der Waals surface area contributed by atoms with Gasteiger partial charge in [0.25, 0.3) is 5.56 Å². The molecule has 0 amide bonds. The quantitative estimate of drug-likeness (QED) is 0.762. The van der Waals surface area contributed by atoms with Gasteiger partial charge >= 0.3 is 0 Å². The Morgan fingerprint density at radius 1 is 1.35 bits per heavy atom. The third kappa shape index (κ3) is 1.96. The van der Waals surface area contributed by atoms with Gasteiger partial charge in [0, 0.05) is 29.7 Å². The van der Waals surface area contributed by atoms with Gasteiger partial charge in [-0.05, 0) is 25.1 Å². The molecule has 0 radical (unpaired) electrons. The van der Waals surface area contributed by atoms with Gasteiger partial charge in [-0.25, -0.2) is 4.68 Å². The molecule has 0 spiro atoms. The highest BCUT2D eigenvalue weighted by Crippen LogP contribution is 2.33. The van der Waals surface area contributed by atoms with Crippen LogP contribution in [0.3, 0.4) is 0 Å². The molecule has 0 aliphatic heterocycles. The fourth-order valence-electron chi connectivity index (χ4n) is 2.15. The Labute approximate surface area is 120 Å². The van der Waals surface area contributed by atoms with Crippen LogP contribution < -0.4 is 10.9 Å². The molecule has 2 heterocycles. The number of hydrogen-bond acceptors (Lipinski definition) is 3. The Morgan fingerprint density at radius 3 is 2.95 bits per heavy atom. The zero-order valence-electron chi connectivity index (χ0n) is 11.1. The van der Waals surface area contributed by atoms with E-state index in [1.807, 2.05) is 24.4 Å². The van der Waals surface area contributed by atoms with E-state index in [1.54, 1.807) is 20.2 Å². The second kappa shape index (κ2) is 4.68. The van der Waals surface area contributed by atoms with Gasteiger partial charge in [-0.3, -0.25) is 4.79 Å². The molecule has 0 aliphatic carbocycles. The highest BCUT2D eigenvalue weighted by molar-refractivity contribution is 6.35. The number of rotatable bonds is 2. The highest BCUT2D eigenvalue weighted by Gasteiger charge is 2.11. The van der Waals surface area contributed by atoms with E-state index in [4.69, 9.17) is 11.6 Å². The van der Waals surface area contributed by atoms with Crippen LogP contribution in [-0.4, -0.2) is 14.8 Å². The Hall–Kier alpha value is -2.27. The van der Waals surface area contributed by atoms with Crippen LogP contribution in [0.15, 0.2) is 35.4 Å². The van der Waals surface area contributed by atoms with E-state index >= 15 is 0 Å². The molecule has 5 nitrogen and oxygen atoms in total. The summed E-state index contributed by atoms with van der Waals surface area (Å²) in [5.74, 6) is 0. The van der Waals surface area contributed by atoms with Crippen LogP contribution in [0, 0.1) is 6.92 Å². The first-order chi connectivity index (χ1) is 9.58. The van der Waals surface area contributed by atoms with Gasteiger partial charge in [-0.15, -0.1) is 0 Å². The topological polar surface area (TPSA) is 62.7 Å². The minimum absolute atomic E-state index is 0.132. The van der Waals surface area contributed by atoms with Crippen LogP contribution in [0.1, 0.15) is 5.56 Å². The summed E-state index contributed by atoms with van der Waals surface area (Å²) in [6.07, 6.45) is 3.47. The molecule has 0 saturated carbocycles. The molecule has 1 aromatic carbocycles. The fraction of sp³-hybridized carbons (Fsp3) is 0.143. The van der Waals surface area contributed by atoms with Crippen LogP contribution in [0.5, 0.6) is 0 Å².